The molecule has 0 saturated carbocycles. The molecule has 66 valence electrons. The van der Waals surface area contributed by atoms with E-state index < -0.39 is 0 Å². The van der Waals surface area contributed by atoms with Crippen LogP contribution in [-0.2, 0) is 0 Å². The number of halogens is 1. The molecule has 0 unspecified atom stereocenters. The van der Waals surface area contributed by atoms with E-state index in [2.05, 4.69) is 48.0 Å². The van der Waals surface area contributed by atoms with Crippen molar-refractivity contribution in [2.75, 3.05) is 11.1 Å². The Labute approximate surface area is 86.9 Å². The fourth-order valence-electron chi connectivity index (χ4n) is 1.17. The highest BCUT2D eigenvalue weighted by molar-refractivity contribution is 9.09. The Kier molecular flexibility index (Phi) is 4.16. The van der Waals surface area contributed by atoms with Crippen molar-refractivity contribution in [2.24, 2.45) is 0 Å². The first-order valence-electron chi connectivity index (χ1n) is 4.00. The highest BCUT2D eigenvalue weighted by Gasteiger charge is 2.00. The van der Waals surface area contributed by atoms with Gasteiger partial charge in [0, 0.05) is 16.0 Å². The van der Waals surface area contributed by atoms with Crippen molar-refractivity contribution in [2.45, 2.75) is 18.7 Å². The van der Waals surface area contributed by atoms with Crippen LogP contribution in [0.1, 0.15) is 11.1 Å². The van der Waals surface area contributed by atoms with E-state index in [0.717, 1.165) is 11.1 Å². The molecule has 0 fully saturated rings. The van der Waals surface area contributed by atoms with Gasteiger partial charge in [-0.3, -0.25) is 0 Å². The van der Waals surface area contributed by atoms with Crippen molar-refractivity contribution < 1.29 is 0 Å². The molecular formula is C10H13BrS. The second-order valence-corrected chi connectivity index (χ2v) is 4.66. The van der Waals surface area contributed by atoms with Gasteiger partial charge >= 0.3 is 0 Å². The lowest BCUT2D eigenvalue weighted by molar-refractivity contribution is 1.22. The fraction of sp³-hybridized carbons (Fsp3) is 0.400. The van der Waals surface area contributed by atoms with Crippen molar-refractivity contribution in [1.29, 1.82) is 0 Å². The summed E-state index contributed by atoms with van der Waals surface area (Å²) in [7, 11) is 0. The molecule has 0 spiro atoms. The van der Waals surface area contributed by atoms with Crippen molar-refractivity contribution in [1.82, 2.24) is 0 Å². The number of benzene rings is 1. The van der Waals surface area contributed by atoms with E-state index in [1.807, 2.05) is 11.8 Å². The molecule has 1 rings (SSSR count). The first-order chi connectivity index (χ1) is 5.75. The second kappa shape index (κ2) is 4.93. The maximum atomic E-state index is 3.44. The highest BCUT2D eigenvalue weighted by atomic mass is 79.9. The van der Waals surface area contributed by atoms with Crippen LogP contribution in [0, 0.1) is 13.8 Å². The van der Waals surface area contributed by atoms with E-state index in [4.69, 9.17) is 0 Å². The number of rotatable bonds is 3. The van der Waals surface area contributed by atoms with Gasteiger partial charge in [0.15, 0.2) is 0 Å². The molecule has 0 bridgehead atoms. The van der Waals surface area contributed by atoms with E-state index in [-0.39, 0.29) is 0 Å². The van der Waals surface area contributed by atoms with Crippen LogP contribution in [0.25, 0.3) is 0 Å². The minimum atomic E-state index is 1.06. The van der Waals surface area contributed by atoms with Crippen LogP contribution >= 0.6 is 27.7 Å². The van der Waals surface area contributed by atoms with Gasteiger partial charge in [-0.1, -0.05) is 34.1 Å². The monoisotopic (exact) mass is 244 g/mol. The zero-order valence-electron chi connectivity index (χ0n) is 7.43. The predicted molar refractivity (Wildman–Crippen MR) is 60.4 cm³/mol. The Morgan fingerprint density at radius 2 is 1.83 bits per heavy atom. The number of alkyl halides is 1. The minimum Gasteiger partial charge on any atom is -0.125 e. The molecule has 0 radical (unpaired) electrons. The standard InChI is InChI=1S/C10H13BrS/c1-8-4-3-5-9(2)10(8)12-7-6-11/h3-5H,6-7H2,1-2H3. The van der Waals surface area contributed by atoms with Gasteiger partial charge in [0.2, 0.25) is 0 Å². The van der Waals surface area contributed by atoms with Crippen LogP contribution in [0.15, 0.2) is 23.1 Å². The molecule has 2 heteroatoms. The summed E-state index contributed by atoms with van der Waals surface area (Å²) in [5.74, 6) is 1.14. The number of thioether (sulfide) groups is 1. The van der Waals surface area contributed by atoms with Crippen molar-refractivity contribution in [3.63, 3.8) is 0 Å². The average Bonchev–Trinajstić information content (AvgIpc) is 2.04. The normalized spacial score (nSPS) is 10.2. The van der Waals surface area contributed by atoms with Crippen LogP contribution in [0.4, 0.5) is 0 Å². The molecule has 0 atom stereocenters. The summed E-state index contributed by atoms with van der Waals surface area (Å²) in [6, 6.07) is 6.45. The molecule has 0 aliphatic carbocycles. The molecule has 12 heavy (non-hydrogen) atoms. The Hall–Kier alpha value is 0.0500. The molecule has 1 aromatic rings. The van der Waals surface area contributed by atoms with E-state index >= 15 is 0 Å². The van der Waals surface area contributed by atoms with E-state index in [1.54, 1.807) is 0 Å². The first kappa shape index (κ1) is 10.1. The molecule has 0 aliphatic heterocycles. The lowest BCUT2D eigenvalue weighted by atomic mass is 10.2. The second-order valence-electron chi connectivity index (χ2n) is 2.76. The maximum Gasteiger partial charge on any atom is 0.0131 e. The van der Waals surface area contributed by atoms with Crippen molar-refractivity contribution >= 4 is 27.7 Å². The summed E-state index contributed by atoms with van der Waals surface area (Å²) in [6.45, 7) is 4.34. The first-order valence-corrected chi connectivity index (χ1v) is 6.11. The lowest BCUT2D eigenvalue weighted by Gasteiger charge is -2.07. The molecule has 0 nitrogen and oxygen atoms in total. The molecule has 0 N–H and O–H groups in total. The fourth-order valence-corrected chi connectivity index (χ4v) is 2.53. The van der Waals surface area contributed by atoms with E-state index in [0.29, 0.717) is 0 Å². The zero-order chi connectivity index (χ0) is 8.97. The van der Waals surface area contributed by atoms with E-state index in [9.17, 15) is 0 Å². The highest BCUT2D eigenvalue weighted by Crippen LogP contribution is 2.25. The van der Waals surface area contributed by atoms with Gasteiger partial charge in [-0.2, -0.15) is 0 Å². The Morgan fingerprint density at radius 3 is 2.33 bits per heavy atom. The molecule has 1 aromatic carbocycles. The van der Waals surface area contributed by atoms with Gasteiger partial charge in [-0.15, -0.1) is 11.8 Å². The van der Waals surface area contributed by atoms with Gasteiger partial charge in [0.25, 0.3) is 0 Å². The predicted octanol–water partition coefficient (Wildman–Crippen LogP) is 3.79. The maximum absolute atomic E-state index is 3.44. The Morgan fingerprint density at radius 1 is 1.25 bits per heavy atom. The van der Waals surface area contributed by atoms with Gasteiger partial charge < -0.3 is 0 Å². The third-order valence-electron chi connectivity index (χ3n) is 1.73. The van der Waals surface area contributed by atoms with Crippen LogP contribution in [0.5, 0.6) is 0 Å². The van der Waals surface area contributed by atoms with Crippen LogP contribution in [0.2, 0.25) is 0 Å². The van der Waals surface area contributed by atoms with Crippen LogP contribution in [0.3, 0.4) is 0 Å². The number of aryl methyl sites for hydroxylation is 2. The molecule has 0 aromatic heterocycles. The van der Waals surface area contributed by atoms with Crippen molar-refractivity contribution in [3.8, 4) is 0 Å². The third-order valence-corrected chi connectivity index (χ3v) is 3.99. The van der Waals surface area contributed by atoms with Gasteiger partial charge in [-0.05, 0) is 25.0 Å². The summed E-state index contributed by atoms with van der Waals surface area (Å²) in [6.07, 6.45) is 0. The Balaban J connectivity index is 2.81. The van der Waals surface area contributed by atoms with Gasteiger partial charge in [0.1, 0.15) is 0 Å². The number of hydrogen-bond acceptors (Lipinski definition) is 1. The minimum absolute atomic E-state index is 1.06. The zero-order valence-corrected chi connectivity index (χ0v) is 9.83. The van der Waals surface area contributed by atoms with Gasteiger partial charge in [0.05, 0.1) is 0 Å². The molecule has 0 saturated heterocycles. The summed E-state index contributed by atoms with van der Waals surface area (Å²) < 4.78 is 0. The third kappa shape index (κ3) is 2.53. The summed E-state index contributed by atoms with van der Waals surface area (Å²) in [5.41, 5.74) is 2.78. The summed E-state index contributed by atoms with van der Waals surface area (Å²) in [4.78, 5) is 1.44. The average molecular weight is 245 g/mol. The summed E-state index contributed by atoms with van der Waals surface area (Å²) in [5, 5.41) is 1.06. The molecule has 0 heterocycles. The van der Waals surface area contributed by atoms with Crippen molar-refractivity contribution in [3.05, 3.63) is 29.3 Å². The van der Waals surface area contributed by atoms with Gasteiger partial charge in [-0.25, -0.2) is 0 Å². The van der Waals surface area contributed by atoms with Crippen LogP contribution in [-0.4, -0.2) is 11.1 Å². The Bertz CT molecular complexity index is 238. The smallest absolute Gasteiger partial charge is 0.0131 e. The van der Waals surface area contributed by atoms with Crippen LogP contribution < -0.4 is 0 Å². The molecule has 0 aliphatic rings. The SMILES string of the molecule is Cc1cccc(C)c1SCCBr. The number of hydrogen-bond donors (Lipinski definition) is 0. The lowest BCUT2D eigenvalue weighted by Crippen LogP contribution is -1.86. The topological polar surface area (TPSA) is 0 Å². The molecule has 0 amide bonds. The molecular weight excluding hydrogens is 232 g/mol. The quantitative estimate of drug-likeness (QED) is 0.576. The van der Waals surface area contributed by atoms with E-state index in [1.165, 1.54) is 16.0 Å². The summed E-state index contributed by atoms with van der Waals surface area (Å²) >= 11 is 5.36. The largest absolute Gasteiger partial charge is 0.125 e.